The summed E-state index contributed by atoms with van der Waals surface area (Å²) in [5.74, 6) is 1.85. The van der Waals surface area contributed by atoms with Gasteiger partial charge in [0.2, 0.25) is 0 Å². The fourth-order valence-electron chi connectivity index (χ4n) is 4.72. The maximum atomic E-state index is 6.00. The number of halogens is 1. The maximum Gasteiger partial charge on any atom is 0.194 e. The van der Waals surface area contributed by atoms with E-state index in [9.17, 15) is 0 Å². The minimum Gasteiger partial charge on any atom is -0.385 e. The molecule has 3 rings (SSSR count). The van der Waals surface area contributed by atoms with Gasteiger partial charge in [0.25, 0.3) is 0 Å². The van der Waals surface area contributed by atoms with Crippen LogP contribution in [0.4, 0.5) is 0 Å². The fourth-order valence-corrected chi connectivity index (χ4v) is 4.72. The van der Waals surface area contributed by atoms with E-state index in [0.29, 0.717) is 6.10 Å². The summed E-state index contributed by atoms with van der Waals surface area (Å²) in [4.78, 5) is 9.91. The van der Waals surface area contributed by atoms with E-state index < -0.39 is 0 Å². The average Bonchev–Trinajstić information content (AvgIpc) is 2.81. The first-order valence-corrected chi connectivity index (χ1v) is 12.6. The Morgan fingerprint density at radius 1 is 1.06 bits per heavy atom. The fraction of sp³-hybridized carbons (Fsp3) is 0.731. The van der Waals surface area contributed by atoms with Gasteiger partial charge < -0.3 is 19.7 Å². The Labute approximate surface area is 218 Å². The summed E-state index contributed by atoms with van der Waals surface area (Å²) < 4.78 is 11.1. The van der Waals surface area contributed by atoms with Crippen molar-refractivity contribution in [2.75, 3.05) is 53.0 Å². The van der Waals surface area contributed by atoms with Crippen molar-refractivity contribution in [1.82, 2.24) is 15.1 Å². The third-order valence-corrected chi connectivity index (χ3v) is 6.50. The highest BCUT2D eigenvalue weighted by Gasteiger charge is 2.22. The summed E-state index contributed by atoms with van der Waals surface area (Å²) in [6.45, 7) is 13.2. The monoisotopic (exact) mass is 572 g/mol. The second-order valence-electron chi connectivity index (χ2n) is 9.37. The molecular formula is C26H45IN4O2. The number of hydrogen-bond acceptors (Lipinski definition) is 4. The van der Waals surface area contributed by atoms with E-state index in [1.165, 1.54) is 37.1 Å². The van der Waals surface area contributed by atoms with Gasteiger partial charge in [-0.25, -0.2) is 4.99 Å². The molecule has 7 heteroatoms. The van der Waals surface area contributed by atoms with Gasteiger partial charge in [-0.2, -0.15) is 0 Å². The van der Waals surface area contributed by atoms with Crippen molar-refractivity contribution in [3.05, 3.63) is 35.4 Å². The molecule has 2 aliphatic heterocycles. The highest BCUT2D eigenvalue weighted by Crippen LogP contribution is 2.18. The zero-order chi connectivity index (χ0) is 22.6. The molecule has 1 atom stereocenters. The quantitative estimate of drug-likeness (QED) is 0.194. The Bertz CT molecular complexity index is 677. The maximum absolute atomic E-state index is 6.00. The van der Waals surface area contributed by atoms with Crippen LogP contribution >= 0.6 is 24.0 Å². The van der Waals surface area contributed by atoms with Crippen LogP contribution in [0.3, 0.4) is 0 Å². The second kappa shape index (κ2) is 15.9. The van der Waals surface area contributed by atoms with E-state index in [1.807, 2.05) is 0 Å². The van der Waals surface area contributed by atoms with Gasteiger partial charge in [-0.05, 0) is 62.6 Å². The van der Waals surface area contributed by atoms with Crippen LogP contribution in [0.5, 0.6) is 0 Å². The number of piperidine rings is 2. The Hall–Kier alpha value is -0.900. The van der Waals surface area contributed by atoms with Crippen LogP contribution in [0, 0.1) is 5.92 Å². The number of ether oxygens (including phenoxy) is 2. The lowest BCUT2D eigenvalue weighted by Gasteiger charge is -2.34. The lowest BCUT2D eigenvalue weighted by atomic mass is 9.99. The SMILES string of the molecule is CCNC(=NCc1ccc(CN2CCCC(C)C2)cc1)N1CCC(OCCCOC)CC1.I. The molecule has 0 radical (unpaired) electrons. The smallest absolute Gasteiger partial charge is 0.194 e. The van der Waals surface area contributed by atoms with Crippen molar-refractivity contribution < 1.29 is 9.47 Å². The molecule has 0 spiro atoms. The van der Waals surface area contributed by atoms with Gasteiger partial charge in [0, 0.05) is 53.0 Å². The van der Waals surface area contributed by atoms with Crippen molar-refractivity contribution >= 4 is 29.9 Å². The summed E-state index contributed by atoms with van der Waals surface area (Å²) in [7, 11) is 1.74. The lowest BCUT2D eigenvalue weighted by Crippen LogP contribution is -2.47. The number of aliphatic imine (C=N–C) groups is 1. The molecule has 33 heavy (non-hydrogen) atoms. The summed E-state index contributed by atoms with van der Waals surface area (Å²) in [6.07, 6.45) is 6.15. The van der Waals surface area contributed by atoms with Gasteiger partial charge >= 0.3 is 0 Å². The number of guanidine groups is 1. The van der Waals surface area contributed by atoms with Crippen molar-refractivity contribution in [3.8, 4) is 0 Å². The van der Waals surface area contributed by atoms with Crippen LogP contribution in [0.15, 0.2) is 29.3 Å². The molecule has 188 valence electrons. The molecule has 2 fully saturated rings. The van der Waals surface area contributed by atoms with E-state index in [0.717, 1.165) is 77.1 Å². The van der Waals surface area contributed by atoms with Crippen LogP contribution in [0.25, 0.3) is 0 Å². The first-order chi connectivity index (χ1) is 15.7. The predicted molar refractivity (Wildman–Crippen MR) is 147 cm³/mol. The zero-order valence-electron chi connectivity index (χ0n) is 20.9. The highest BCUT2D eigenvalue weighted by atomic mass is 127. The van der Waals surface area contributed by atoms with E-state index in [1.54, 1.807) is 7.11 Å². The molecule has 1 aromatic rings. The van der Waals surface area contributed by atoms with Crippen LogP contribution in [0.1, 0.15) is 57.1 Å². The molecule has 1 aromatic carbocycles. The molecule has 0 aliphatic carbocycles. The molecule has 6 nitrogen and oxygen atoms in total. The number of nitrogens with one attached hydrogen (secondary N) is 1. The molecule has 0 aromatic heterocycles. The lowest BCUT2D eigenvalue weighted by molar-refractivity contribution is 0.00990. The van der Waals surface area contributed by atoms with Gasteiger partial charge in [0.1, 0.15) is 0 Å². The number of methoxy groups -OCH3 is 1. The minimum absolute atomic E-state index is 0. The molecule has 1 unspecified atom stereocenters. The third-order valence-electron chi connectivity index (χ3n) is 6.50. The van der Waals surface area contributed by atoms with Crippen molar-refractivity contribution in [3.63, 3.8) is 0 Å². The summed E-state index contributed by atoms with van der Waals surface area (Å²) in [5.41, 5.74) is 2.68. The molecule has 2 saturated heterocycles. The number of rotatable bonds is 10. The standard InChI is InChI=1S/C26H44N4O2.HI/c1-4-27-26(30-15-12-25(13-16-30)32-18-6-17-31-3)28-19-23-8-10-24(11-9-23)21-29-14-5-7-22(2)20-29;/h8-11,22,25H,4-7,12-21H2,1-3H3,(H,27,28);1H. The van der Waals surface area contributed by atoms with Crippen LogP contribution < -0.4 is 5.32 Å². The van der Waals surface area contributed by atoms with Gasteiger partial charge in [0.15, 0.2) is 5.96 Å². The third kappa shape index (κ3) is 10.1. The Kier molecular flexibility index (Phi) is 13.7. The van der Waals surface area contributed by atoms with Crippen LogP contribution in [-0.4, -0.2) is 74.9 Å². The normalized spacial score (nSPS) is 20.5. The van der Waals surface area contributed by atoms with Crippen molar-refractivity contribution in [2.45, 2.75) is 65.1 Å². The van der Waals surface area contributed by atoms with Crippen LogP contribution in [-0.2, 0) is 22.6 Å². The number of nitrogens with zero attached hydrogens (tertiary/aromatic N) is 3. The minimum atomic E-state index is 0. The van der Waals surface area contributed by atoms with E-state index >= 15 is 0 Å². The van der Waals surface area contributed by atoms with E-state index in [-0.39, 0.29) is 24.0 Å². The Morgan fingerprint density at radius 3 is 2.45 bits per heavy atom. The molecule has 1 N–H and O–H groups in total. The van der Waals surface area contributed by atoms with Crippen LogP contribution in [0.2, 0.25) is 0 Å². The van der Waals surface area contributed by atoms with E-state index in [2.05, 4.69) is 53.2 Å². The average molecular weight is 573 g/mol. The number of hydrogen-bond donors (Lipinski definition) is 1. The first-order valence-electron chi connectivity index (χ1n) is 12.6. The molecule has 0 amide bonds. The summed E-state index contributed by atoms with van der Waals surface area (Å²) in [5, 5.41) is 3.48. The zero-order valence-corrected chi connectivity index (χ0v) is 23.3. The van der Waals surface area contributed by atoms with Crippen molar-refractivity contribution in [2.24, 2.45) is 10.9 Å². The summed E-state index contributed by atoms with van der Waals surface area (Å²) in [6, 6.07) is 9.05. The summed E-state index contributed by atoms with van der Waals surface area (Å²) >= 11 is 0. The second-order valence-corrected chi connectivity index (χ2v) is 9.37. The van der Waals surface area contributed by atoms with Gasteiger partial charge in [-0.15, -0.1) is 24.0 Å². The van der Waals surface area contributed by atoms with Crippen molar-refractivity contribution in [1.29, 1.82) is 0 Å². The molecule has 0 bridgehead atoms. The van der Waals surface area contributed by atoms with Gasteiger partial charge in [-0.1, -0.05) is 31.2 Å². The highest BCUT2D eigenvalue weighted by molar-refractivity contribution is 14.0. The molecule has 2 aliphatic rings. The Morgan fingerprint density at radius 2 is 1.79 bits per heavy atom. The van der Waals surface area contributed by atoms with E-state index in [4.69, 9.17) is 14.5 Å². The topological polar surface area (TPSA) is 49.3 Å². The molecule has 0 saturated carbocycles. The molecule has 2 heterocycles. The molecular weight excluding hydrogens is 527 g/mol. The van der Waals surface area contributed by atoms with Gasteiger partial charge in [0.05, 0.1) is 12.6 Å². The predicted octanol–water partition coefficient (Wildman–Crippen LogP) is 4.52. The largest absolute Gasteiger partial charge is 0.385 e. The number of benzene rings is 1. The number of likely N-dealkylation sites (tertiary alicyclic amines) is 2. The first kappa shape index (κ1) is 28.3. The van der Waals surface area contributed by atoms with Gasteiger partial charge in [-0.3, -0.25) is 4.90 Å². The Balaban J connectivity index is 0.00000385.